The molecule has 0 radical (unpaired) electrons. The zero-order chi connectivity index (χ0) is 25.3. The molecule has 0 fully saturated rings. The number of aromatic hydroxyl groups is 1. The molecule has 184 valence electrons. The van der Waals surface area contributed by atoms with Gasteiger partial charge in [0.1, 0.15) is 23.1 Å². The lowest BCUT2D eigenvalue weighted by Crippen LogP contribution is -2.45. The third kappa shape index (κ3) is 8.62. The molecule has 0 heterocycles. The summed E-state index contributed by atoms with van der Waals surface area (Å²) in [5.74, 6) is -0.464. The largest absolute Gasteiger partial charge is 0.511 e. The number of nitrogens with two attached hydrogens (primary N) is 1. The zero-order valence-corrected chi connectivity index (χ0v) is 19.5. The number of ether oxygens (including phenoxy) is 2. The van der Waals surface area contributed by atoms with Crippen molar-refractivity contribution in [3.05, 3.63) is 42.5 Å². The molecular formula is C24H31N3O7. The third-order valence-electron chi connectivity index (χ3n) is 4.56. The van der Waals surface area contributed by atoms with E-state index in [-0.39, 0.29) is 11.5 Å². The van der Waals surface area contributed by atoms with E-state index in [4.69, 9.17) is 20.3 Å². The zero-order valence-electron chi connectivity index (χ0n) is 19.5. The van der Waals surface area contributed by atoms with E-state index < -0.39 is 29.8 Å². The van der Waals surface area contributed by atoms with E-state index >= 15 is 0 Å². The Kier molecular flexibility index (Phi) is 9.26. The van der Waals surface area contributed by atoms with Crippen LogP contribution in [0.1, 0.15) is 40.0 Å². The molecule has 0 unspecified atom stereocenters. The number of phenols is 1. The van der Waals surface area contributed by atoms with Crippen LogP contribution in [0.3, 0.4) is 0 Å². The van der Waals surface area contributed by atoms with Crippen molar-refractivity contribution in [2.75, 3.05) is 11.9 Å². The Bertz CT molecular complexity index is 1020. The minimum Gasteiger partial charge on any atom is -0.508 e. The molecule has 2 amide bonds. The fourth-order valence-corrected chi connectivity index (χ4v) is 3.13. The minimum absolute atomic E-state index is 0.0188. The molecule has 10 heteroatoms. The van der Waals surface area contributed by atoms with E-state index in [0.29, 0.717) is 42.6 Å². The van der Waals surface area contributed by atoms with Crippen LogP contribution in [0.4, 0.5) is 15.3 Å². The first-order valence-corrected chi connectivity index (χ1v) is 10.8. The fourth-order valence-electron chi connectivity index (χ4n) is 3.13. The van der Waals surface area contributed by atoms with Gasteiger partial charge in [-0.3, -0.25) is 4.79 Å². The van der Waals surface area contributed by atoms with E-state index in [1.165, 1.54) is 30.3 Å². The highest BCUT2D eigenvalue weighted by molar-refractivity contribution is 5.97. The molecule has 0 aromatic heterocycles. The molecule has 2 rings (SSSR count). The van der Waals surface area contributed by atoms with Gasteiger partial charge in [-0.2, -0.15) is 0 Å². The highest BCUT2D eigenvalue weighted by Crippen LogP contribution is 2.34. The number of anilines is 1. The summed E-state index contributed by atoms with van der Waals surface area (Å²) < 4.78 is 10.1. The van der Waals surface area contributed by atoms with Crippen molar-refractivity contribution in [3.63, 3.8) is 0 Å². The Morgan fingerprint density at radius 3 is 2.44 bits per heavy atom. The summed E-state index contributed by atoms with van der Waals surface area (Å²) in [6.45, 7) is 5.62. The topological polar surface area (TPSA) is 160 Å². The number of carbonyl (C=O) groups is 3. The Hall–Kier alpha value is -3.79. The van der Waals surface area contributed by atoms with Crippen LogP contribution in [-0.4, -0.2) is 46.6 Å². The summed E-state index contributed by atoms with van der Waals surface area (Å²) in [4.78, 5) is 36.3. The van der Waals surface area contributed by atoms with Crippen LogP contribution in [0.15, 0.2) is 42.5 Å². The van der Waals surface area contributed by atoms with Gasteiger partial charge in [0.2, 0.25) is 5.91 Å². The summed E-state index contributed by atoms with van der Waals surface area (Å²) >= 11 is 0. The number of hydrogen-bond donors (Lipinski definition) is 5. The molecule has 0 aliphatic heterocycles. The second kappa shape index (κ2) is 11.9. The molecule has 0 spiro atoms. The average Bonchev–Trinajstić information content (AvgIpc) is 2.72. The monoisotopic (exact) mass is 473 g/mol. The SMILES string of the molecule is CC(C)(C)OC(=O)N[C@@H](CCCCN)C(=O)Nc1ccc(OC(=O)O)c(-c2cccc(O)c2)c1. The predicted octanol–water partition coefficient (Wildman–Crippen LogP) is 4.08. The Morgan fingerprint density at radius 1 is 1.09 bits per heavy atom. The molecule has 0 aliphatic carbocycles. The summed E-state index contributed by atoms with van der Waals surface area (Å²) in [5.41, 5.74) is 5.99. The molecule has 2 aromatic rings. The van der Waals surface area contributed by atoms with Crippen molar-refractivity contribution >= 4 is 23.8 Å². The molecule has 0 aliphatic rings. The first-order valence-electron chi connectivity index (χ1n) is 10.8. The van der Waals surface area contributed by atoms with E-state index in [1.54, 1.807) is 32.9 Å². The summed E-state index contributed by atoms with van der Waals surface area (Å²) in [5, 5.41) is 24.2. The van der Waals surface area contributed by atoms with Gasteiger partial charge in [0, 0.05) is 11.3 Å². The van der Waals surface area contributed by atoms with E-state index in [9.17, 15) is 19.5 Å². The summed E-state index contributed by atoms with van der Waals surface area (Å²) in [7, 11) is 0. The number of rotatable bonds is 9. The standard InChI is InChI=1S/C24H31N3O7/c1-24(2,3)34-22(30)27-19(9-4-5-12-25)21(29)26-16-10-11-20(33-23(31)32)18(14-16)15-7-6-8-17(28)13-15/h6-8,10-11,13-14,19,28H,4-5,9,12,25H2,1-3H3,(H,26,29)(H,27,30)(H,31,32)/t19-/m0/s1. The number of hydrogen-bond acceptors (Lipinski definition) is 7. The lowest BCUT2D eigenvalue weighted by Gasteiger charge is -2.23. The van der Waals surface area contributed by atoms with Gasteiger partial charge in [-0.25, -0.2) is 9.59 Å². The van der Waals surface area contributed by atoms with Gasteiger partial charge in [-0.1, -0.05) is 12.1 Å². The van der Waals surface area contributed by atoms with E-state index in [1.807, 2.05) is 0 Å². The van der Waals surface area contributed by atoms with Crippen LogP contribution in [0.5, 0.6) is 11.5 Å². The number of unbranched alkanes of at least 4 members (excludes halogenated alkanes) is 1. The molecule has 2 aromatic carbocycles. The first kappa shape index (κ1) is 26.5. The van der Waals surface area contributed by atoms with Gasteiger partial charge in [-0.15, -0.1) is 0 Å². The number of amides is 2. The highest BCUT2D eigenvalue weighted by Gasteiger charge is 2.24. The van der Waals surface area contributed by atoms with Crippen molar-refractivity contribution in [2.45, 2.75) is 51.7 Å². The van der Waals surface area contributed by atoms with Gasteiger partial charge in [0.25, 0.3) is 0 Å². The van der Waals surface area contributed by atoms with Gasteiger partial charge >= 0.3 is 12.2 Å². The number of phenolic OH excluding ortho intramolecular Hbond substituents is 1. The van der Waals surface area contributed by atoms with Gasteiger partial charge in [-0.05, 0) is 82.5 Å². The molecule has 0 saturated heterocycles. The molecule has 6 N–H and O–H groups in total. The van der Waals surface area contributed by atoms with Crippen molar-refractivity contribution in [3.8, 4) is 22.6 Å². The summed E-state index contributed by atoms with van der Waals surface area (Å²) in [6, 6.07) is 9.70. The number of benzene rings is 2. The predicted molar refractivity (Wildman–Crippen MR) is 127 cm³/mol. The molecule has 10 nitrogen and oxygen atoms in total. The van der Waals surface area contributed by atoms with Gasteiger partial charge in [0.15, 0.2) is 0 Å². The molecule has 1 atom stereocenters. The smallest absolute Gasteiger partial charge is 0.508 e. The third-order valence-corrected chi connectivity index (χ3v) is 4.56. The quantitative estimate of drug-likeness (QED) is 0.207. The van der Waals surface area contributed by atoms with Crippen LogP contribution >= 0.6 is 0 Å². The van der Waals surface area contributed by atoms with Crippen LogP contribution < -0.4 is 21.1 Å². The van der Waals surface area contributed by atoms with E-state index in [2.05, 4.69) is 10.6 Å². The minimum atomic E-state index is -1.50. The van der Waals surface area contributed by atoms with Crippen molar-refractivity contribution in [2.24, 2.45) is 5.73 Å². The number of alkyl carbamates (subject to hydrolysis) is 1. The molecule has 0 bridgehead atoms. The van der Waals surface area contributed by atoms with Crippen LogP contribution in [0, 0.1) is 0 Å². The van der Waals surface area contributed by atoms with Crippen molar-refractivity contribution < 1.29 is 34.1 Å². The van der Waals surface area contributed by atoms with Crippen LogP contribution in [0.2, 0.25) is 0 Å². The second-order valence-electron chi connectivity index (χ2n) is 8.60. The summed E-state index contributed by atoms with van der Waals surface area (Å²) in [6.07, 6.45) is -0.569. The maximum Gasteiger partial charge on any atom is 0.511 e. The fraction of sp³-hybridized carbons (Fsp3) is 0.375. The lowest BCUT2D eigenvalue weighted by molar-refractivity contribution is -0.118. The lowest BCUT2D eigenvalue weighted by atomic mass is 10.0. The van der Waals surface area contributed by atoms with E-state index in [0.717, 1.165) is 0 Å². The average molecular weight is 474 g/mol. The van der Waals surface area contributed by atoms with Crippen molar-refractivity contribution in [1.82, 2.24) is 5.32 Å². The molecule has 34 heavy (non-hydrogen) atoms. The second-order valence-corrected chi connectivity index (χ2v) is 8.60. The first-order chi connectivity index (χ1) is 16.0. The normalized spacial score (nSPS) is 11.9. The van der Waals surface area contributed by atoms with Crippen LogP contribution in [-0.2, 0) is 9.53 Å². The number of carbonyl (C=O) groups excluding carboxylic acids is 2. The van der Waals surface area contributed by atoms with Gasteiger partial charge in [0.05, 0.1) is 0 Å². The molecular weight excluding hydrogens is 442 g/mol. The Morgan fingerprint density at radius 2 is 1.82 bits per heavy atom. The Labute approximate surface area is 198 Å². The Balaban J connectivity index is 2.28. The number of carboxylic acid groups (broad SMARTS) is 1. The van der Waals surface area contributed by atoms with Crippen LogP contribution in [0.25, 0.3) is 11.1 Å². The number of nitrogens with one attached hydrogen (secondary N) is 2. The van der Waals surface area contributed by atoms with Crippen molar-refractivity contribution in [1.29, 1.82) is 0 Å². The maximum absolute atomic E-state index is 13.0. The highest BCUT2D eigenvalue weighted by atomic mass is 16.7. The molecule has 0 saturated carbocycles. The van der Waals surface area contributed by atoms with Gasteiger partial charge < -0.3 is 36.1 Å². The maximum atomic E-state index is 13.0.